The summed E-state index contributed by atoms with van der Waals surface area (Å²) >= 11 is 15.5. The zero-order valence-corrected chi connectivity index (χ0v) is 17.5. The van der Waals surface area contributed by atoms with Gasteiger partial charge in [-0.3, -0.25) is 4.79 Å². The van der Waals surface area contributed by atoms with Crippen molar-refractivity contribution < 1.29 is 14.3 Å². The highest BCUT2D eigenvalue weighted by atomic mass is 79.9. The number of ketones is 1. The maximum atomic E-state index is 12.6. The number of hydrogen-bond donors (Lipinski definition) is 0. The van der Waals surface area contributed by atoms with Gasteiger partial charge in [0.15, 0.2) is 5.76 Å². The predicted octanol–water partition coefficient (Wildman–Crippen LogP) is 6.95. The molecule has 3 aromatic carbocycles. The Morgan fingerprint density at radius 2 is 1.79 bits per heavy atom. The van der Waals surface area contributed by atoms with Gasteiger partial charge in [0.05, 0.1) is 5.56 Å². The topological polar surface area (TPSA) is 35.5 Å². The number of hydrogen-bond acceptors (Lipinski definition) is 3. The van der Waals surface area contributed by atoms with Gasteiger partial charge >= 0.3 is 0 Å². The fourth-order valence-corrected chi connectivity index (χ4v) is 3.49. The molecule has 0 atom stereocenters. The van der Waals surface area contributed by atoms with E-state index in [0.29, 0.717) is 27.1 Å². The molecule has 0 aliphatic carbocycles. The van der Waals surface area contributed by atoms with E-state index in [1.54, 1.807) is 36.4 Å². The van der Waals surface area contributed by atoms with E-state index in [2.05, 4.69) is 15.9 Å². The molecule has 0 aromatic heterocycles. The van der Waals surface area contributed by atoms with E-state index in [9.17, 15) is 4.79 Å². The number of allylic oxidation sites excluding steroid dienone is 1. The van der Waals surface area contributed by atoms with Gasteiger partial charge in [0, 0.05) is 26.1 Å². The Bertz CT molecular complexity index is 1090. The summed E-state index contributed by atoms with van der Waals surface area (Å²) in [6, 6.07) is 18.0. The quantitative estimate of drug-likeness (QED) is 0.383. The van der Waals surface area contributed by atoms with E-state index in [1.807, 2.05) is 30.3 Å². The maximum absolute atomic E-state index is 12.6. The lowest BCUT2D eigenvalue weighted by Crippen LogP contribution is -1.98. The van der Waals surface area contributed by atoms with Crippen LogP contribution in [0.4, 0.5) is 0 Å². The van der Waals surface area contributed by atoms with Gasteiger partial charge in [-0.1, -0.05) is 57.3 Å². The van der Waals surface area contributed by atoms with E-state index >= 15 is 0 Å². The number of ether oxygens (including phenoxy) is 2. The Balaban J connectivity index is 1.51. The van der Waals surface area contributed by atoms with E-state index in [1.165, 1.54) is 0 Å². The first-order valence-corrected chi connectivity index (χ1v) is 9.95. The van der Waals surface area contributed by atoms with Crippen molar-refractivity contribution in [3.05, 3.63) is 97.6 Å². The molecule has 0 unspecified atom stereocenters. The smallest absolute Gasteiger partial charge is 0.231 e. The summed E-state index contributed by atoms with van der Waals surface area (Å²) < 4.78 is 12.5. The first-order chi connectivity index (χ1) is 13.5. The average Bonchev–Trinajstić information content (AvgIpc) is 2.98. The van der Waals surface area contributed by atoms with E-state index in [0.717, 1.165) is 15.6 Å². The van der Waals surface area contributed by atoms with Crippen LogP contribution in [0, 0.1) is 0 Å². The van der Waals surface area contributed by atoms with Crippen LogP contribution in [0.1, 0.15) is 21.5 Å². The van der Waals surface area contributed by atoms with Crippen LogP contribution in [-0.2, 0) is 6.61 Å². The molecule has 28 heavy (non-hydrogen) atoms. The number of fused-ring (bicyclic) bond motifs is 1. The fraction of sp³-hybridized carbons (Fsp3) is 0.0455. The second kappa shape index (κ2) is 8.00. The Morgan fingerprint density at radius 3 is 2.54 bits per heavy atom. The molecule has 3 aromatic rings. The molecule has 0 amide bonds. The van der Waals surface area contributed by atoms with Gasteiger partial charge < -0.3 is 9.47 Å². The molecular weight excluding hydrogens is 463 g/mol. The monoisotopic (exact) mass is 474 g/mol. The molecule has 1 aliphatic heterocycles. The molecule has 140 valence electrons. The molecule has 0 fully saturated rings. The Morgan fingerprint density at radius 1 is 1.00 bits per heavy atom. The molecule has 1 aliphatic rings. The number of benzene rings is 3. The standard InChI is InChI=1S/C22H13BrCl2O3/c23-15-4-1-13(2-5-15)9-21-22(26)18-8-7-17(11-20(18)28-21)27-12-14-3-6-16(24)10-19(14)25/h1-11H,12H2/b21-9-. The summed E-state index contributed by atoms with van der Waals surface area (Å²) in [6.07, 6.45) is 1.72. The van der Waals surface area contributed by atoms with Crippen molar-refractivity contribution in [3.63, 3.8) is 0 Å². The zero-order chi connectivity index (χ0) is 19.7. The lowest BCUT2D eigenvalue weighted by atomic mass is 10.1. The van der Waals surface area contributed by atoms with Crippen LogP contribution in [-0.4, -0.2) is 5.78 Å². The van der Waals surface area contributed by atoms with Gasteiger partial charge in [-0.05, 0) is 48.0 Å². The molecule has 0 N–H and O–H groups in total. The van der Waals surface area contributed by atoms with Crippen molar-refractivity contribution in [2.75, 3.05) is 0 Å². The molecular formula is C22H13BrCl2O3. The highest BCUT2D eigenvalue weighted by molar-refractivity contribution is 9.10. The summed E-state index contributed by atoms with van der Waals surface area (Å²) in [5.74, 6) is 1.20. The summed E-state index contributed by atoms with van der Waals surface area (Å²) in [5, 5.41) is 1.11. The third-order valence-electron chi connectivity index (χ3n) is 4.22. The van der Waals surface area contributed by atoms with Crippen molar-refractivity contribution >= 4 is 51.0 Å². The van der Waals surface area contributed by atoms with Gasteiger partial charge in [-0.25, -0.2) is 0 Å². The molecule has 3 nitrogen and oxygen atoms in total. The maximum Gasteiger partial charge on any atom is 0.231 e. The van der Waals surface area contributed by atoms with Crippen LogP contribution in [0.2, 0.25) is 10.0 Å². The highest BCUT2D eigenvalue weighted by Crippen LogP contribution is 2.35. The minimum absolute atomic E-state index is 0.148. The summed E-state index contributed by atoms with van der Waals surface area (Å²) in [4.78, 5) is 12.6. The van der Waals surface area contributed by atoms with Crippen molar-refractivity contribution in [1.29, 1.82) is 0 Å². The van der Waals surface area contributed by atoms with E-state index in [-0.39, 0.29) is 18.1 Å². The SMILES string of the molecule is O=C1/C(=C/c2ccc(Br)cc2)Oc2cc(OCc3ccc(Cl)cc3Cl)ccc21. The number of carbonyl (C=O) groups is 1. The minimum atomic E-state index is -0.148. The Labute approximate surface area is 180 Å². The number of carbonyl (C=O) groups excluding carboxylic acids is 1. The minimum Gasteiger partial charge on any atom is -0.489 e. The summed E-state index contributed by atoms with van der Waals surface area (Å²) in [5.41, 5.74) is 2.22. The highest BCUT2D eigenvalue weighted by Gasteiger charge is 2.27. The van der Waals surface area contributed by atoms with Gasteiger partial charge in [-0.2, -0.15) is 0 Å². The average molecular weight is 476 g/mol. The number of rotatable bonds is 4. The molecule has 0 spiro atoms. The van der Waals surface area contributed by atoms with Crippen LogP contribution in [0.3, 0.4) is 0 Å². The van der Waals surface area contributed by atoms with Gasteiger partial charge in [0.1, 0.15) is 18.1 Å². The lowest BCUT2D eigenvalue weighted by molar-refractivity contribution is 0.101. The molecule has 6 heteroatoms. The second-order valence-electron chi connectivity index (χ2n) is 6.17. The van der Waals surface area contributed by atoms with E-state index < -0.39 is 0 Å². The molecule has 0 saturated heterocycles. The van der Waals surface area contributed by atoms with Gasteiger partial charge in [0.25, 0.3) is 0 Å². The van der Waals surface area contributed by atoms with Crippen LogP contribution in [0.15, 0.2) is 70.9 Å². The third kappa shape index (κ3) is 4.09. The van der Waals surface area contributed by atoms with Crippen LogP contribution in [0.25, 0.3) is 6.08 Å². The van der Waals surface area contributed by atoms with Gasteiger partial charge in [-0.15, -0.1) is 0 Å². The lowest BCUT2D eigenvalue weighted by Gasteiger charge is -2.09. The summed E-state index contributed by atoms with van der Waals surface area (Å²) in [6.45, 7) is 0.282. The zero-order valence-electron chi connectivity index (χ0n) is 14.4. The van der Waals surface area contributed by atoms with Crippen molar-refractivity contribution in [3.8, 4) is 11.5 Å². The Hall–Kier alpha value is -2.27. The number of halogens is 3. The largest absolute Gasteiger partial charge is 0.489 e. The fourth-order valence-electron chi connectivity index (χ4n) is 2.77. The first kappa shape index (κ1) is 19.1. The van der Waals surface area contributed by atoms with E-state index in [4.69, 9.17) is 32.7 Å². The van der Waals surface area contributed by atoms with Crippen LogP contribution >= 0.6 is 39.1 Å². The molecule has 0 radical (unpaired) electrons. The first-order valence-electron chi connectivity index (χ1n) is 8.40. The molecule has 0 bridgehead atoms. The molecule has 4 rings (SSSR count). The van der Waals surface area contributed by atoms with Crippen molar-refractivity contribution in [2.24, 2.45) is 0 Å². The third-order valence-corrected chi connectivity index (χ3v) is 5.33. The normalized spacial score (nSPS) is 14.1. The van der Waals surface area contributed by atoms with Crippen LogP contribution < -0.4 is 9.47 Å². The molecule has 1 heterocycles. The van der Waals surface area contributed by atoms with Crippen molar-refractivity contribution in [2.45, 2.75) is 6.61 Å². The van der Waals surface area contributed by atoms with Crippen LogP contribution in [0.5, 0.6) is 11.5 Å². The second-order valence-corrected chi connectivity index (χ2v) is 7.93. The van der Waals surface area contributed by atoms with Crippen molar-refractivity contribution in [1.82, 2.24) is 0 Å². The predicted molar refractivity (Wildman–Crippen MR) is 114 cm³/mol. The number of Topliss-reactive ketones (excluding diaryl/α,β-unsaturated/α-hetero) is 1. The molecule has 0 saturated carbocycles. The summed E-state index contributed by atoms with van der Waals surface area (Å²) in [7, 11) is 0. The Kier molecular flexibility index (Phi) is 5.44. The van der Waals surface area contributed by atoms with Gasteiger partial charge in [0.2, 0.25) is 5.78 Å².